The fourth-order valence-electron chi connectivity index (χ4n) is 2.65. The van der Waals surface area contributed by atoms with Crippen molar-refractivity contribution in [3.63, 3.8) is 0 Å². The van der Waals surface area contributed by atoms with E-state index in [1.807, 2.05) is 30.0 Å². The van der Waals surface area contributed by atoms with E-state index in [-0.39, 0.29) is 23.6 Å². The minimum Gasteiger partial charge on any atom is -0.327 e. The summed E-state index contributed by atoms with van der Waals surface area (Å²) in [6, 6.07) is 8.95. The first-order chi connectivity index (χ1) is 10.6. The molecule has 2 heterocycles. The van der Waals surface area contributed by atoms with Gasteiger partial charge in [-0.15, -0.1) is 0 Å². The molecule has 2 aromatic heterocycles. The summed E-state index contributed by atoms with van der Waals surface area (Å²) in [6.07, 6.45) is 5.39. The van der Waals surface area contributed by atoms with Crippen molar-refractivity contribution in [1.82, 2.24) is 14.5 Å². The maximum absolute atomic E-state index is 12.9. The van der Waals surface area contributed by atoms with Crippen molar-refractivity contribution in [2.75, 3.05) is 0 Å². The van der Waals surface area contributed by atoms with Crippen LogP contribution in [0.2, 0.25) is 0 Å². The Kier molecular flexibility index (Phi) is 3.79. The SMILES string of the molecule is C[C@H](c1ccccn1)N(C(=O)c1ccc(=O)n(C)c1)C1CC1. The van der Waals surface area contributed by atoms with Gasteiger partial charge in [-0.3, -0.25) is 14.6 Å². The largest absolute Gasteiger partial charge is 0.327 e. The first-order valence-electron chi connectivity index (χ1n) is 7.48. The third-order valence-corrected chi connectivity index (χ3v) is 4.04. The Morgan fingerprint density at radius 2 is 2.09 bits per heavy atom. The Bertz CT molecular complexity index is 735. The fourth-order valence-corrected chi connectivity index (χ4v) is 2.65. The minimum absolute atomic E-state index is 0.0451. The number of nitrogens with zero attached hydrogens (tertiary/aromatic N) is 3. The Balaban J connectivity index is 1.92. The van der Waals surface area contributed by atoms with E-state index < -0.39 is 0 Å². The first-order valence-corrected chi connectivity index (χ1v) is 7.48. The molecule has 0 radical (unpaired) electrons. The predicted octanol–water partition coefficient (Wildman–Crippen LogP) is 2.15. The summed E-state index contributed by atoms with van der Waals surface area (Å²) in [7, 11) is 1.66. The van der Waals surface area contributed by atoms with Crippen molar-refractivity contribution in [3.8, 4) is 0 Å². The average Bonchev–Trinajstić information content (AvgIpc) is 3.35. The van der Waals surface area contributed by atoms with Crippen LogP contribution in [-0.4, -0.2) is 26.4 Å². The summed E-state index contributed by atoms with van der Waals surface area (Å²) in [5.41, 5.74) is 1.30. The van der Waals surface area contributed by atoms with E-state index >= 15 is 0 Å². The van der Waals surface area contributed by atoms with Crippen LogP contribution in [0.4, 0.5) is 0 Å². The molecule has 0 N–H and O–H groups in total. The Morgan fingerprint density at radius 1 is 1.32 bits per heavy atom. The molecule has 0 saturated heterocycles. The van der Waals surface area contributed by atoms with Crippen LogP contribution in [0, 0.1) is 0 Å². The van der Waals surface area contributed by atoms with Gasteiger partial charge in [-0.25, -0.2) is 0 Å². The van der Waals surface area contributed by atoms with E-state index in [0.717, 1.165) is 18.5 Å². The number of hydrogen-bond donors (Lipinski definition) is 0. The van der Waals surface area contributed by atoms with Crippen LogP contribution in [-0.2, 0) is 7.05 Å². The number of pyridine rings is 2. The van der Waals surface area contributed by atoms with Crippen LogP contribution in [0.25, 0.3) is 0 Å². The summed E-state index contributed by atoms with van der Waals surface area (Å²) in [5.74, 6) is -0.0451. The first kappa shape index (κ1) is 14.5. The molecule has 0 aromatic carbocycles. The van der Waals surface area contributed by atoms with Crippen LogP contribution in [0.5, 0.6) is 0 Å². The summed E-state index contributed by atoms with van der Waals surface area (Å²) in [6.45, 7) is 2.00. The molecule has 1 saturated carbocycles. The highest BCUT2D eigenvalue weighted by molar-refractivity contribution is 5.94. The zero-order valence-corrected chi connectivity index (χ0v) is 12.8. The minimum atomic E-state index is -0.118. The molecule has 1 amide bonds. The van der Waals surface area contributed by atoms with Crippen LogP contribution in [0.15, 0.2) is 47.5 Å². The number of carbonyl (C=O) groups is 1. The van der Waals surface area contributed by atoms with Crippen LogP contribution in [0.1, 0.15) is 41.9 Å². The zero-order valence-electron chi connectivity index (χ0n) is 12.8. The molecule has 5 heteroatoms. The maximum Gasteiger partial charge on any atom is 0.256 e. The number of amides is 1. The molecule has 0 bridgehead atoms. The second-order valence-corrected chi connectivity index (χ2v) is 5.74. The van der Waals surface area contributed by atoms with E-state index in [1.54, 1.807) is 25.5 Å². The lowest BCUT2D eigenvalue weighted by molar-refractivity contribution is 0.0669. The van der Waals surface area contributed by atoms with Gasteiger partial charge in [-0.2, -0.15) is 0 Å². The third kappa shape index (κ3) is 2.79. The molecular formula is C17H19N3O2. The summed E-state index contributed by atoms with van der Waals surface area (Å²) in [4.78, 5) is 30.6. The lowest BCUT2D eigenvalue weighted by Crippen LogP contribution is -2.36. The van der Waals surface area contributed by atoms with Crippen molar-refractivity contribution in [3.05, 3.63) is 64.3 Å². The molecule has 2 aromatic rings. The molecule has 114 valence electrons. The second kappa shape index (κ2) is 5.75. The molecule has 0 aliphatic heterocycles. The summed E-state index contributed by atoms with van der Waals surface area (Å²) in [5, 5.41) is 0. The zero-order chi connectivity index (χ0) is 15.7. The molecule has 22 heavy (non-hydrogen) atoms. The monoisotopic (exact) mass is 297 g/mol. The fraction of sp³-hybridized carbons (Fsp3) is 0.353. The van der Waals surface area contributed by atoms with Crippen molar-refractivity contribution in [2.24, 2.45) is 7.05 Å². The number of aryl methyl sites for hydroxylation is 1. The molecular weight excluding hydrogens is 278 g/mol. The smallest absolute Gasteiger partial charge is 0.256 e. The molecule has 0 unspecified atom stereocenters. The summed E-state index contributed by atoms with van der Waals surface area (Å²) >= 11 is 0. The number of hydrogen-bond acceptors (Lipinski definition) is 3. The lowest BCUT2D eigenvalue weighted by atomic mass is 10.1. The highest BCUT2D eigenvalue weighted by Crippen LogP contribution is 2.34. The van der Waals surface area contributed by atoms with Gasteiger partial charge in [-0.05, 0) is 38.0 Å². The van der Waals surface area contributed by atoms with Crippen molar-refractivity contribution in [1.29, 1.82) is 0 Å². The normalized spacial score (nSPS) is 15.4. The standard InChI is InChI=1S/C17H19N3O2/c1-12(15-5-3-4-10-18-15)20(14-7-8-14)17(22)13-6-9-16(21)19(2)11-13/h3-6,9-12,14H,7-8H2,1-2H3/t12-/m1/s1. The highest BCUT2D eigenvalue weighted by atomic mass is 16.2. The molecule has 1 atom stereocenters. The van der Waals surface area contributed by atoms with E-state index in [0.29, 0.717) is 5.56 Å². The Morgan fingerprint density at radius 3 is 2.68 bits per heavy atom. The van der Waals surface area contributed by atoms with Gasteiger partial charge >= 0.3 is 0 Å². The second-order valence-electron chi connectivity index (χ2n) is 5.74. The number of aromatic nitrogens is 2. The quantitative estimate of drug-likeness (QED) is 0.869. The summed E-state index contributed by atoms with van der Waals surface area (Å²) < 4.78 is 1.43. The Hall–Kier alpha value is -2.43. The van der Waals surface area contributed by atoms with E-state index in [9.17, 15) is 9.59 Å². The third-order valence-electron chi connectivity index (χ3n) is 4.04. The lowest BCUT2D eigenvalue weighted by Gasteiger charge is -2.29. The van der Waals surface area contributed by atoms with Crippen LogP contribution in [0.3, 0.4) is 0 Å². The molecule has 0 spiro atoms. The maximum atomic E-state index is 12.9. The number of carbonyl (C=O) groups excluding carboxylic acids is 1. The average molecular weight is 297 g/mol. The van der Waals surface area contributed by atoms with Crippen molar-refractivity contribution in [2.45, 2.75) is 31.8 Å². The topological polar surface area (TPSA) is 55.2 Å². The molecule has 1 fully saturated rings. The van der Waals surface area contributed by atoms with Crippen LogP contribution < -0.4 is 5.56 Å². The van der Waals surface area contributed by atoms with Crippen LogP contribution >= 0.6 is 0 Å². The van der Waals surface area contributed by atoms with Crippen molar-refractivity contribution >= 4 is 5.91 Å². The Labute approximate surface area is 129 Å². The van der Waals surface area contributed by atoms with Gasteiger partial charge in [-0.1, -0.05) is 6.07 Å². The number of rotatable bonds is 4. The van der Waals surface area contributed by atoms with Gasteiger partial charge in [0.15, 0.2) is 0 Å². The molecule has 1 aliphatic carbocycles. The predicted molar refractivity (Wildman–Crippen MR) is 83.5 cm³/mol. The van der Waals surface area contributed by atoms with Gasteiger partial charge in [0.2, 0.25) is 5.56 Å². The van der Waals surface area contributed by atoms with E-state index in [4.69, 9.17) is 0 Å². The van der Waals surface area contributed by atoms with Crippen molar-refractivity contribution < 1.29 is 4.79 Å². The van der Waals surface area contributed by atoms with Gasteiger partial charge in [0.05, 0.1) is 17.3 Å². The highest BCUT2D eigenvalue weighted by Gasteiger charge is 2.37. The molecule has 3 rings (SSSR count). The molecule has 1 aliphatic rings. The van der Waals surface area contributed by atoms with E-state index in [1.165, 1.54) is 10.6 Å². The van der Waals surface area contributed by atoms with Gasteiger partial charge < -0.3 is 9.47 Å². The molecule has 5 nitrogen and oxygen atoms in total. The van der Waals surface area contributed by atoms with Gasteiger partial charge in [0, 0.05) is 31.5 Å². The van der Waals surface area contributed by atoms with Gasteiger partial charge in [0.25, 0.3) is 5.91 Å². The van der Waals surface area contributed by atoms with Gasteiger partial charge in [0.1, 0.15) is 0 Å². The van der Waals surface area contributed by atoms with E-state index in [2.05, 4.69) is 4.98 Å².